The lowest BCUT2D eigenvalue weighted by atomic mass is 10.0. The number of nitrogens with one attached hydrogen (secondary N) is 1. The van der Waals surface area contributed by atoms with Crippen molar-refractivity contribution in [1.29, 1.82) is 0 Å². The number of hydrogen-bond donors (Lipinski definition) is 1. The predicted molar refractivity (Wildman–Crippen MR) is 79.4 cm³/mol. The first-order valence-corrected chi connectivity index (χ1v) is 7.45. The Hall–Kier alpha value is 0.1000. The maximum absolute atomic E-state index is 5.11. The Morgan fingerprint density at radius 2 is 2.12 bits per heavy atom. The summed E-state index contributed by atoms with van der Waals surface area (Å²) in [6.07, 6.45) is 2.14. The smallest absolute Gasteiger partial charge is 0.0462 e. The van der Waals surface area contributed by atoms with Gasteiger partial charge in [-0.1, -0.05) is 38.8 Å². The van der Waals surface area contributed by atoms with E-state index in [2.05, 4.69) is 56.2 Å². The van der Waals surface area contributed by atoms with Gasteiger partial charge in [0.25, 0.3) is 0 Å². The normalized spacial score (nSPS) is 12.7. The molecular weight excluding hydrogens is 346 g/mol. The van der Waals surface area contributed by atoms with Crippen molar-refractivity contribution in [2.75, 3.05) is 20.3 Å². The van der Waals surface area contributed by atoms with Crippen LogP contribution in [0.5, 0.6) is 0 Å². The molecule has 4 heteroatoms. The Morgan fingerprint density at radius 1 is 1.35 bits per heavy atom. The third-order valence-electron chi connectivity index (χ3n) is 2.63. The van der Waals surface area contributed by atoms with Crippen LogP contribution in [0.1, 0.15) is 31.4 Å². The van der Waals surface area contributed by atoms with E-state index in [9.17, 15) is 0 Å². The molecule has 0 radical (unpaired) electrons. The van der Waals surface area contributed by atoms with Crippen LogP contribution in [0.15, 0.2) is 27.1 Å². The highest BCUT2D eigenvalue weighted by Gasteiger charge is 2.13. The van der Waals surface area contributed by atoms with Crippen molar-refractivity contribution in [2.24, 2.45) is 0 Å². The minimum absolute atomic E-state index is 0.377. The quantitative estimate of drug-likeness (QED) is 0.728. The summed E-state index contributed by atoms with van der Waals surface area (Å²) in [5.41, 5.74) is 1.30. The van der Waals surface area contributed by atoms with E-state index in [1.807, 2.05) is 6.07 Å². The Balaban J connectivity index is 2.77. The molecule has 0 fully saturated rings. The Bertz CT molecular complexity index is 344. The second kappa shape index (κ2) is 8.25. The van der Waals surface area contributed by atoms with Crippen molar-refractivity contribution in [3.05, 3.63) is 32.7 Å². The van der Waals surface area contributed by atoms with Crippen molar-refractivity contribution < 1.29 is 4.74 Å². The van der Waals surface area contributed by atoms with Gasteiger partial charge in [0, 0.05) is 28.7 Å². The summed E-state index contributed by atoms with van der Waals surface area (Å²) < 4.78 is 7.38. The molecule has 1 unspecified atom stereocenters. The van der Waals surface area contributed by atoms with Crippen LogP contribution in [0.3, 0.4) is 0 Å². The lowest BCUT2D eigenvalue weighted by Crippen LogP contribution is -2.21. The summed E-state index contributed by atoms with van der Waals surface area (Å²) in [5, 5.41) is 3.52. The van der Waals surface area contributed by atoms with Crippen LogP contribution in [0.2, 0.25) is 0 Å². The Kier molecular flexibility index (Phi) is 7.35. The minimum atomic E-state index is 0.377. The van der Waals surface area contributed by atoms with Gasteiger partial charge in [-0.15, -0.1) is 0 Å². The number of ether oxygens (including phenoxy) is 1. The molecule has 0 saturated heterocycles. The molecule has 1 atom stereocenters. The monoisotopic (exact) mass is 363 g/mol. The van der Waals surface area contributed by atoms with Crippen molar-refractivity contribution in [3.63, 3.8) is 0 Å². The van der Waals surface area contributed by atoms with Crippen LogP contribution in [-0.4, -0.2) is 20.3 Å². The van der Waals surface area contributed by atoms with E-state index in [-0.39, 0.29) is 0 Å². The van der Waals surface area contributed by atoms with Gasteiger partial charge < -0.3 is 10.1 Å². The molecule has 0 heterocycles. The fraction of sp³-hybridized carbons (Fsp3) is 0.538. The molecule has 0 aliphatic rings. The van der Waals surface area contributed by atoms with Crippen LogP contribution in [0, 0.1) is 0 Å². The number of halogens is 2. The summed E-state index contributed by atoms with van der Waals surface area (Å²) in [5.74, 6) is 0. The third kappa shape index (κ3) is 5.08. The summed E-state index contributed by atoms with van der Waals surface area (Å²) in [6, 6.07) is 6.68. The van der Waals surface area contributed by atoms with Crippen LogP contribution in [-0.2, 0) is 4.74 Å². The Labute approximate surface area is 120 Å². The topological polar surface area (TPSA) is 21.3 Å². The van der Waals surface area contributed by atoms with E-state index in [0.717, 1.165) is 34.9 Å². The van der Waals surface area contributed by atoms with Gasteiger partial charge in [-0.3, -0.25) is 0 Å². The van der Waals surface area contributed by atoms with Gasteiger partial charge in [-0.25, -0.2) is 0 Å². The molecule has 1 rings (SSSR count). The van der Waals surface area contributed by atoms with Crippen molar-refractivity contribution >= 4 is 31.9 Å². The molecular formula is C13H19Br2NO. The van der Waals surface area contributed by atoms with Crippen molar-refractivity contribution in [1.82, 2.24) is 5.32 Å². The van der Waals surface area contributed by atoms with Crippen LogP contribution in [0.4, 0.5) is 0 Å². The van der Waals surface area contributed by atoms with Gasteiger partial charge >= 0.3 is 0 Å². The molecule has 1 aromatic rings. The third-order valence-corrected chi connectivity index (χ3v) is 3.84. The molecule has 1 N–H and O–H groups in total. The molecule has 0 aliphatic carbocycles. The van der Waals surface area contributed by atoms with E-state index < -0.39 is 0 Å². The molecule has 17 heavy (non-hydrogen) atoms. The second-order valence-electron chi connectivity index (χ2n) is 3.91. The van der Waals surface area contributed by atoms with E-state index >= 15 is 0 Å². The van der Waals surface area contributed by atoms with Crippen molar-refractivity contribution in [3.8, 4) is 0 Å². The number of hydrogen-bond acceptors (Lipinski definition) is 2. The fourth-order valence-electron chi connectivity index (χ4n) is 1.83. The molecule has 0 bridgehead atoms. The van der Waals surface area contributed by atoms with Crippen molar-refractivity contribution in [2.45, 2.75) is 25.8 Å². The summed E-state index contributed by atoms with van der Waals surface area (Å²) in [7, 11) is 1.75. The lowest BCUT2D eigenvalue weighted by Gasteiger charge is -2.20. The summed E-state index contributed by atoms with van der Waals surface area (Å²) >= 11 is 7.14. The second-order valence-corrected chi connectivity index (χ2v) is 5.68. The van der Waals surface area contributed by atoms with Crippen LogP contribution >= 0.6 is 31.9 Å². The number of benzene rings is 1. The van der Waals surface area contributed by atoms with Gasteiger partial charge in [-0.05, 0) is 43.1 Å². The zero-order valence-corrected chi connectivity index (χ0v) is 13.5. The van der Waals surface area contributed by atoms with Gasteiger partial charge in [0.2, 0.25) is 0 Å². The maximum atomic E-state index is 5.11. The number of rotatable bonds is 7. The number of methoxy groups -OCH3 is 1. The van der Waals surface area contributed by atoms with Gasteiger partial charge in [0.15, 0.2) is 0 Å². The summed E-state index contributed by atoms with van der Waals surface area (Å²) in [6.45, 7) is 3.92. The predicted octanol–water partition coefficient (Wildman–Crippen LogP) is 4.29. The fourth-order valence-corrected chi connectivity index (χ4v) is 2.73. The zero-order chi connectivity index (χ0) is 12.7. The Morgan fingerprint density at radius 3 is 2.76 bits per heavy atom. The molecule has 0 spiro atoms. The van der Waals surface area contributed by atoms with Gasteiger partial charge in [-0.2, -0.15) is 0 Å². The van der Waals surface area contributed by atoms with Crippen LogP contribution in [0.25, 0.3) is 0 Å². The first kappa shape index (κ1) is 15.2. The molecule has 0 aliphatic heterocycles. The molecule has 0 aromatic heterocycles. The first-order chi connectivity index (χ1) is 8.19. The maximum Gasteiger partial charge on any atom is 0.0462 e. The average Bonchev–Trinajstić information content (AvgIpc) is 2.32. The molecule has 2 nitrogen and oxygen atoms in total. The lowest BCUT2D eigenvalue weighted by molar-refractivity contribution is 0.189. The molecule has 0 saturated carbocycles. The first-order valence-electron chi connectivity index (χ1n) is 5.86. The van der Waals surface area contributed by atoms with E-state index in [0.29, 0.717) is 6.04 Å². The largest absolute Gasteiger partial charge is 0.385 e. The zero-order valence-electron chi connectivity index (χ0n) is 10.3. The highest BCUT2D eigenvalue weighted by molar-refractivity contribution is 9.11. The minimum Gasteiger partial charge on any atom is -0.385 e. The van der Waals surface area contributed by atoms with E-state index in [1.165, 1.54) is 5.56 Å². The molecule has 1 aromatic carbocycles. The summed E-state index contributed by atoms with van der Waals surface area (Å²) in [4.78, 5) is 0. The van der Waals surface area contributed by atoms with Crippen LogP contribution < -0.4 is 5.32 Å². The molecule has 0 amide bonds. The SMILES string of the molecule is CCNC(CCCOC)c1cc(Br)ccc1Br. The highest BCUT2D eigenvalue weighted by atomic mass is 79.9. The standard InChI is InChI=1S/C13H19Br2NO/c1-3-16-13(5-4-8-17-2)11-9-10(14)6-7-12(11)15/h6-7,9,13,16H,3-5,8H2,1-2H3. The average molecular weight is 365 g/mol. The van der Waals surface area contributed by atoms with E-state index in [4.69, 9.17) is 4.74 Å². The highest BCUT2D eigenvalue weighted by Crippen LogP contribution is 2.29. The van der Waals surface area contributed by atoms with Gasteiger partial charge in [0.05, 0.1) is 0 Å². The molecule has 96 valence electrons. The van der Waals surface area contributed by atoms with E-state index in [1.54, 1.807) is 7.11 Å². The van der Waals surface area contributed by atoms with Gasteiger partial charge in [0.1, 0.15) is 0 Å².